The van der Waals surface area contributed by atoms with Gasteiger partial charge >= 0.3 is 5.97 Å². The maximum Gasteiger partial charge on any atom is 0.343 e. The largest absolute Gasteiger partial charge is 0.507 e. The van der Waals surface area contributed by atoms with Crippen molar-refractivity contribution in [2.45, 2.75) is 12.4 Å². The second kappa shape index (κ2) is 4.93. The van der Waals surface area contributed by atoms with Crippen molar-refractivity contribution in [3.05, 3.63) is 23.8 Å². The first-order chi connectivity index (χ1) is 7.04. The Morgan fingerprint density at radius 3 is 2.67 bits per heavy atom. The molecule has 15 heavy (non-hydrogen) atoms. The summed E-state index contributed by atoms with van der Waals surface area (Å²) >= 11 is 3.91. The van der Waals surface area contributed by atoms with Crippen LogP contribution in [0.15, 0.2) is 18.2 Å². The number of phenols is 1. The van der Waals surface area contributed by atoms with Crippen LogP contribution in [-0.4, -0.2) is 23.6 Å². The number of phenolic OH excluding ortho intramolecular Hbond substituents is 1. The lowest BCUT2D eigenvalue weighted by Gasteiger charge is -2.09. The zero-order chi connectivity index (χ0) is 11.4. The van der Waals surface area contributed by atoms with Gasteiger partial charge in [0.05, 0.1) is 7.11 Å². The average Bonchev–Trinajstić information content (AvgIpc) is 2.16. The molecule has 1 atom stereocenters. The topological polar surface area (TPSA) is 55.8 Å². The van der Waals surface area contributed by atoms with Gasteiger partial charge in [-0.25, -0.2) is 4.79 Å². The van der Waals surface area contributed by atoms with Crippen LogP contribution in [0.3, 0.4) is 0 Å². The molecule has 0 heterocycles. The number of hydrogen-bond acceptors (Lipinski definition) is 5. The number of esters is 1. The monoisotopic (exact) mass is 228 g/mol. The Kier molecular flexibility index (Phi) is 3.85. The van der Waals surface area contributed by atoms with E-state index in [9.17, 15) is 9.90 Å². The molecule has 1 aromatic carbocycles. The molecular weight excluding hydrogens is 216 g/mol. The number of rotatable bonds is 3. The Balaban J connectivity index is 2.90. The van der Waals surface area contributed by atoms with Crippen LogP contribution in [0.1, 0.15) is 17.3 Å². The van der Waals surface area contributed by atoms with Crippen LogP contribution in [0.2, 0.25) is 0 Å². The fraction of sp³-hybridized carbons (Fsp3) is 0.300. The molecule has 0 aromatic heterocycles. The van der Waals surface area contributed by atoms with Crippen LogP contribution < -0.4 is 4.74 Å². The summed E-state index contributed by atoms with van der Waals surface area (Å²) in [5.74, 6) is -0.311. The van der Waals surface area contributed by atoms with Gasteiger partial charge in [0.25, 0.3) is 0 Å². The highest BCUT2D eigenvalue weighted by atomic mass is 32.1. The first-order valence-electron chi connectivity index (χ1n) is 4.30. The van der Waals surface area contributed by atoms with Crippen LogP contribution >= 0.6 is 12.6 Å². The van der Waals surface area contributed by atoms with Crippen molar-refractivity contribution in [1.82, 2.24) is 0 Å². The second-order valence-corrected chi connectivity index (χ2v) is 3.61. The first kappa shape index (κ1) is 11.7. The summed E-state index contributed by atoms with van der Waals surface area (Å²) in [6.07, 6.45) is 0. The summed E-state index contributed by atoms with van der Waals surface area (Å²) in [6, 6.07) is 4.35. The molecule has 0 fully saturated rings. The van der Waals surface area contributed by atoms with Crippen LogP contribution in [0, 0.1) is 0 Å². The third-order valence-electron chi connectivity index (χ3n) is 1.70. The summed E-state index contributed by atoms with van der Waals surface area (Å²) in [4.78, 5) is 11.4. The highest BCUT2D eigenvalue weighted by Crippen LogP contribution is 2.24. The van der Waals surface area contributed by atoms with Gasteiger partial charge in [-0.1, -0.05) is 0 Å². The molecule has 1 N–H and O–H groups in total. The molecule has 1 unspecified atom stereocenters. The number of benzene rings is 1. The SMILES string of the molecule is COc1ccc(C(=O)OC(C)S)c(O)c1. The van der Waals surface area contributed by atoms with E-state index in [0.29, 0.717) is 5.75 Å². The molecule has 0 spiro atoms. The summed E-state index contributed by atoms with van der Waals surface area (Å²) in [5.41, 5.74) is -0.421. The third kappa shape index (κ3) is 3.06. The highest BCUT2D eigenvalue weighted by Gasteiger charge is 2.14. The Bertz CT molecular complexity index is 362. The zero-order valence-electron chi connectivity index (χ0n) is 8.43. The van der Waals surface area contributed by atoms with Crippen molar-refractivity contribution >= 4 is 18.6 Å². The van der Waals surface area contributed by atoms with Gasteiger partial charge in [0, 0.05) is 6.07 Å². The smallest absolute Gasteiger partial charge is 0.343 e. The third-order valence-corrected chi connectivity index (χ3v) is 1.81. The van der Waals surface area contributed by atoms with Crippen LogP contribution in [-0.2, 0) is 4.74 Å². The Hall–Kier alpha value is -1.36. The molecule has 0 saturated heterocycles. The van der Waals surface area contributed by atoms with Crippen LogP contribution in [0.4, 0.5) is 0 Å². The number of thiol groups is 1. The predicted octanol–water partition coefficient (Wildman–Crippen LogP) is 1.83. The lowest BCUT2D eigenvalue weighted by molar-refractivity contribution is 0.0481. The molecule has 0 aliphatic heterocycles. The molecule has 0 amide bonds. The maximum absolute atomic E-state index is 11.4. The van der Waals surface area contributed by atoms with Crippen molar-refractivity contribution in [2.24, 2.45) is 0 Å². The van der Waals surface area contributed by atoms with E-state index in [1.54, 1.807) is 13.0 Å². The van der Waals surface area contributed by atoms with Gasteiger partial charge in [-0.2, -0.15) is 0 Å². The molecule has 0 aliphatic carbocycles. The number of hydrogen-bond donors (Lipinski definition) is 2. The molecule has 1 rings (SSSR count). The molecule has 0 bridgehead atoms. The van der Waals surface area contributed by atoms with E-state index >= 15 is 0 Å². The van der Waals surface area contributed by atoms with Crippen molar-refractivity contribution < 1.29 is 19.4 Å². The van der Waals surface area contributed by atoms with Crippen molar-refractivity contribution in [1.29, 1.82) is 0 Å². The maximum atomic E-state index is 11.4. The minimum absolute atomic E-state index is 0.0942. The van der Waals surface area contributed by atoms with E-state index in [-0.39, 0.29) is 11.3 Å². The summed E-state index contributed by atoms with van der Waals surface area (Å²) in [5, 5.41) is 9.50. The van der Waals surface area contributed by atoms with Gasteiger partial charge in [-0.15, -0.1) is 12.6 Å². The Morgan fingerprint density at radius 2 is 2.20 bits per heavy atom. The zero-order valence-corrected chi connectivity index (χ0v) is 9.32. The van der Waals surface area contributed by atoms with E-state index < -0.39 is 11.4 Å². The fourth-order valence-corrected chi connectivity index (χ4v) is 1.13. The molecule has 5 heteroatoms. The Labute approximate surface area is 93.2 Å². The molecule has 1 aromatic rings. The standard InChI is InChI=1S/C10H12O4S/c1-6(15)14-10(12)8-4-3-7(13-2)5-9(8)11/h3-6,11,15H,1-2H3. The van der Waals surface area contributed by atoms with E-state index in [2.05, 4.69) is 12.6 Å². The first-order valence-corrected chi connectivity index (χ1v) is 4.82. The van der Waals surface area contributed by atoms with Crippen molar-refractivity contribution in [2.75, 3.05) is 7.11 Å². The molecular formula is C10H12O4S. The van der Waals surface area contributed by atoms with Gasteiger partial charge in [0.1, 0.15) is 22.5 Å². The van der Waals surface area contributed by atoms with E-state index in [1.165, 1.54) is 19.2 Å². The van der Waals surface area contributed by atoms with Crippen molar-refractivity contribution in [3.63, 3.8) is 0 Å². The van der Waals surface area contributed by atoms with Crippen LogP contribution in [0.25, 0.3) is 0 Å². The summed E-state index contributed by atoms with van der Waals surface area (Å²) in [7, 11) is 1.47. The fourth-order valence-electron chi connectivity index (χ4n) is 1.03. The molecule has 0 aliphatic rings. The van der Waals surface area contributed by atoms with Gasteiger partial charge in [-0.3, -0.25) is 0 Å². The molecule has 0 saturated carbocycles. The van der Waals surface area contributed by atoms with Gasteiger partial charge in [0.2, 0.25) is 0 Å². The van der Waals surface area contributed by atoms with E-state index in [1.807, 2.05) is 0 Å². The quantitative estimate of drug-likeness (QED) is 0.471. The van der Waals surface area contributed by atoms with E-state index in [4.69, 9.17) is 9.47 Å². The number of carbonyl (C=O) groups is 1. The highest BCUT2D eigenvalue weighted by molar-refractivity contribution is 7.80. The lowest BCUT2D eigenvalue weighted by atomic mass is 10.2. The number of carbonyl (C=O) groups excluding carboxylic acids is 1. The lowest BCUT2D eigenvalue weighted by Crippen LogP contribution is -2.10. The normalized spacial score (nSPS) is 11.9. The van der Waals surface area contributed by atoms with Gasteiger partial charge < -0.3 is 14.6 Å². The van der Waals surface area contributed by atoms with Crippen LogP contribution in [0.5, 0.6) is 11.5 Å². The molecule has 4 nitrogen and oxygen atoms in total. The number of ether oxygens (including phenoxy) is 2. The number of methoxy groups -OCH3 is 1. The molecule has 0 radical (unpaired) electrons. The van der Waals surface area contributed by atoms with Gasteiger partial charge in [-0.05, 0) is 19.1 Å². The summed E-state index contributed by atoms with van der Waals surface area (Å²) < 4.78 is 9.70. The molecule has 82 valence electrons. The predicted molar refractivity (Wildman–Crippen MR) is 58.5 cm³/mol. The van der Waals surface area contributed by atoms with Crippen molar-refractivity contribution in [3.8, 4) is 11.5 Å². The average molecular weight is 228 g/mol. The Morgan fingerprint density at radius 1 is 1.53 bits per heavy atom. The second-order valence-electron chi connectivity index (χ2n) is 2.89. The number of aromatic hydroxyl groups is 1. The summed E-state index contributed by atoms with van der Waals surface area (Å²) in [6.45, 7) is 1.61. The minimum Gasteiger partial charge on any atom is -0.507 e. The minimum atomic E-state index is -0.613. The van der Waals surface area contributed by atoms with E-state index in [0.717, 1.165) is 0 Å². The van der Waals surface area contributed by atoms with Gasteiger partial charge in [0.15, 0.2) is 0 Å².